The Kier molecular flexibility index (Phi) is 3.47. The van der Waals surface area contributed by atoms with Crippen LogP contribution in [0.5, 0.6) is 0 Å². The molecule has 0 bridgehead atoms. The van der Waals surface area contributed by atoms with E-state index >= 15 is 0 Å². The van der Waals surface area contributed by atoms with Crippen LogP contribution in [0.4, 0.5) is 0 Å². The lowest BCUT2D eigenvalue weighted by Crippen LogP contribution is -2.51. The number of hydrogen-bond donors (Lipinski definition) is 2. The lowest BCUT2D eigenvalue weighted by molar-refractivity contribution is -0.136. The van der Waals surface area contributed by atoms with Gasteiger partial charge >= 0.3 is 5.97 Å². The molecule has 0 aromatic heterocycles. The molecule has 0 atom stereocenters. The minimum Gasteiger partial charge on any atom is -0.478 e. The van der Waals surface area contributed by atoms with Gasteiger partial charge in [-0.3, -0.25) is 4.79 Å². The van der Waals surface area contributed by atoms with Crippen LogP contribution in [-0.4, -0.2) is 46.7 Å². The molecule has 0 aromatic carbocycles. The normalized spacial score (nSPS) is 18.2. The number of carbonyl (C=O) groups excluding carboxylic acids is 1. The number of likely N-dealkylation sites (tertiary alicyclic amines) is 1. The van der Waals surface area contributed by atoms with Crippen molar-refractivity contribution in [1.29, 1.82) is 0 Å². The standard InChI is InChI=1S/C10H15NO4/c1-6(7(2)10(14)15)9(13)11-3-8(4-11)5-12/h8,12H,3-5H2,1-2H3,(H,14,15). The summed E-state index contributed by atoms with van der Waals surface area (Å²) in [6, 6.07) is 0. The molecule has 1 aliphatic rings. The average Bonchev–Trinajstić information content (AvgIpc) is 2.13. The molecule has 0 aromatic rings. The molecule has 2 N–H and O–H groups in total. The summed E-state index contributed by atoms with van der Waals surface area (Å²) >= 11 is 0. The molecule has 1 rings (SSSR count). The van der Waals surface area contributed by atoms with Gasteiger partial charge in [-0.05, 0) is 13.8 Å². The van der Waals surface area contributed by atoms with Crippen molar-refractivity contribution < 1.29 is 19.8 Å². The Morgan fingerprint density at radius 1 is 1.27 bits per heavy atom. The molecule has 1 amide bonds. The van der Waals surface area contributed by atoms with Crippen molar-refractivity contribution in [3.63, 3.8) is 0 Å². The minimum atomic E-state index is -1.07. The fraction of sp³-hybridized carbons (Fsp3) is 0.600. The number of aliphatic carboxylic acids is 1. The molecule has 1 fully saturated rings. The summed E-state index contributed by atoms with van der Waals surface area (Å²) in [4.78, 5) is 23.8. The van der Waals surface area contributed by atoms with Crippen molar-refractivity contribution in [2.45, 2.75) is 13.8 Å². The molecular formula is C10H15NO4. The maximum atomic E-state index is 11.7. The topological polar surface area (TPSA) is 77.8 Å². The number of nitrogens with zero attached hydrogens (tertiary/aromatic N) is 1. The van der Waals surface area contributed by atoms with Gasteiger partial charge in [-0.1, -0.05) is 0 Å². The van der Waals surface area contributed by atoms with Gasteiger partial charge in [0.25, 0.3) is 0 Å². The Balaban J connectivity index is 2.63. The molecule has 15 heavy (non-hydrogen) atoms. The highest BCUT2D eigenvalue weighted by Crippen LogP contribution is 2.18. The number of amides is 1. The fourth-order valence-electron chi connectivity index (χ4n) is 1.41. The van der Waals surface area contributed by atoms with E-state index in [-0.39, 0.29) is 29.6 Å². The second-order valence-corrected chi connectivity index (χ2v) is 3.81. The van der Waals surface area contributed by atoms with Crippen molar-refractivity contribution in [2.75, 3.05) is 19.7 Å². The lowest BCUT2D eigenvalue weighted by Gasteiger charge is -2.38. The molecule has 0 saturated carbocycles. The van der Waals surface area contributed by atoms with Crippen LogP contribution >= 0.6 is 0 Å². The fourth-order valence-corrected chi connectivity index (χ4v) is 1.41. The van der Waals surface area contributed by atoms with Gasteiger partial charge in [-0.25, -0.2) is 4.79 Å². The molecule has 1 aliphatic heterocycles. The van der Waals surface area contributed by atoms with E-state index in [0.29, 0.717) is 13.1 Å². The molecule has 1 heterocycles. The molecule has 0 aliphatic carbocycles. The lowest BCUT2D eigenvalue weighted by atomic mass is 9.99. The first kappa shape index (κ1) is 11.7. The zero-order chi connectivity index (χ0) is 11.6. The largest absolute Gasteiger partial charge is 0.478 e. The van der Waals surface area contributed by atoms with E-state index in [0.717, 1.165) is 0 Å². The number of aliphatic hydroxyl groups is 1. The van der Waals surface area contributed by atoms with Gasteiger partial charge in [0.1, 0.15) is 0 Å². The number of carboxylic acid groups (broad SMARTS) is 1. The minimum absolute atomic E-state index is 0.0739. The number of rotatable bonds is 3. The van der Waals surface area contributed by atoms with Gasteiger partial charge in [0.15, 0.2) is 0 Å². The molecule has 1 saturated heterocycles. The summed E-state index contributed by atoms with van der Waals surface area (Å²) in [5.74, 6) is -1.17. The molecule has 84 valence electrons. The van der Waals surface area contributed by atoms with E-state index in [1.807, 2.05) is 0 Å². The molecule has 0 unspecified atom stereocenters. The zero-order valence-electron chi connectivity index (χ0n) is 8.86. The van der Waals surface area contributed by atoms with Crippen LogP contribution in [-0.2, 0) is 9.59 Å². The third kappa shape index (κ3) is 2.36. The first-order valence-corrected chi connectivity index (χ1v) is 4.78. The number of aliphatic hydroxyl groups excluding tert-OH is 1. The zero-order valence-corrected chi connectivity index (χ0v) is 8.86. The third-order valence-electron chi connectivity index (χ3n) is 2.71. The summed E-state index contributed by atoms with van der Waals surface area (Å²) in [6.45, 7) is 4.03. The summed E-state index contributed by atoms with van der Waals surface area (Å²) in [6.07, 6.45) is 0. The van der Waals surface area contributed by atoms with Crippen LogP contribution in [0.15, 0.2) is 11.1 Å². The van der Waals surface area contributed by atoms with Gasteiger partial charge < -0.3 is 15.1 Å². The van der Waals surface area contributed by atoms with Crippen LogP contribution in [0.2, 0.25) is 0 Å². The van der Waals surface area contributed by atoms with Crippen LogP contribution < -0.4 is 0 Å². The van der Waals surface area contributed by atoms with E-state index in [9.17, 15) is 9.59 Å². The van der Waals surface area contributed by atoms with Crippen LogP contribution in [0.25, 0.3) is 0 Å². The van der Waals surface area contributed by atoms with Gasteiger partial charge in [0.05, 0.1) is 0 Å². The maximum Gasteiger partial charge on any atom is 0.331 e. The summed E-state index contributed by atoms with van der Waals surface area (Å²) in [5, 5.41) is 17.5. The SMILES string of the molecule is CC(C(=O)O)=C(C)C(=O)N1CC(CO)C1. The van der Waals surface area contributed by atoms with Gasteiger partial charge in [0.2, 0.25) is 5.91 Å². The maximum absolute atomic E-state index is 11.7. The number of carbonyl (C=O) groups is 2. The van der Waals surface area contributed by atoms with E-state index in [2.05, 4.69) is 0 Å². The Bertz CT molecular complexity index is 315. The number of carboxylic acids is 1. The summed E-state index contributed by atoms with van der Waals surface area (Å²) < 4.78 is 0. The van der Waals surface area contributed by atoms with Gasteiger partial charge in [-0.2, -0.15) is 0 Å². The van der Waals surface area contributed by atoms with Crippen LogP contribution in [0.3, 0.4) is 0 Å². The van der Waals surface area contributed by atoms with Crippen molar-refractivity contribution in [1.82, 2.24) is 4.90 Å². The molecule has 5 nitrogen and oxygen atoms in total. The van der Waals surface area contributed by atoms with Crippen LogP contribution in [0, 0.1) is 5.92 Å². The smallest absolute Gasteiger partial charge is 0.331 e. The molecule has 5 heteroatoms. The average molecular weight is 213 g/mol. The van der Waals surface area contributed by atoms with E-state index in [1.54, 1.807) is 4.90 Å². The van der Waals surface area contributed by atoms with E-state index in [1.165, 1.54) is 13.8 Å². The van der Waals surface area contributed by atoms with Crippen molar-refractivity contribution in [3.8, 4) is 0 Å². The first-order valence-electron chi connectivity index (χ1n) is 4.78. The predicted octanol–water partition coefficient (Wildman–Crippen LogP) is -0.142. The van der Waals surface area contributed by atoms with Gasteiger partial charge in [0, 0.05) is 36.8 Å². The molecular weight excluding hydrogens is 198 g/mol. The Hall–Kier alpha value is -1.36. The predicted molar refractivity (Wildman–Crippen MR) is 53.2 cm³/mol. The molecule has 0 radical (unpaired) electrons. The van der Waals surface area contributed by atoms with Crippen molar-refractivity contribution in [2.24, 2.45) is 5.92 Å². The second-order valence-electron chi connectivity index (χ2n) is 3.81. The second kappa shape index (κ2) is 4.44. The summed E-state index contributed by atoms with van der Waals surface area (Å²) in [7, 11) is 0. The highest BCUT2D eigenvalue weighted by molar-refractivity contribution is 6.01. The van der Waals surface area contributed by atoms with Crippen molar-refractivity contribution >= 4 is 11.9 Å². The van der Waals surface area contributed by atoms with Crippen LogP contribution in [0.1, 0.15) is 13.8 Å². The van der Waals surface area contributed by atoms with E-state index in [4.69, 9.17) is 10.2 Å². The number of hydrogen-bond acceptors (Lipinski definition) is 3. The summed E-state index contributed by atoms with van der Waals surface area (Å²) in [5.41, 5.74) is 0.339. The third-order valence-corrected chi connectivity index (χ3v) is 2.71. The highest BCUT2D eigenvalue weighted by atomic mass is 16.4. The van der Waals surface area contributed by atoms with E-state index < -0.39 is 5.97 Å². The Morgan fingerprint density at radius 2 is 1.80 bits per heavy atom. The monoisotopic (exact) mass is 213 g/mol. The Labute approximate surface area is 88.0 Å². The van der Waals surface area contributed by atoms with Gasteiger partial charge in [-0.15, -0.1) is 0 Å². The molecule has 0 spiro atoms. The Morgan fingerprint density at radius 3 is 2.20 bits per heavy atom. The highest BCUT2D eigenvalue weighted by Gasteiger charge is 2.31. The quantitative estimate of drug-likeness (QED) is 0.639. The first-order chi connectivity index (χ1) is 6.97. The van der Waals surface area contributed by atoms with Crippen molar-refractivity contribution in [3.05, 3.63) is 11.1 Å².